The van der Waals surface area contributed by atoms with Crippen LogP contribution in [0.25, 0.3) is 5.69 Å². The van der Waals surface area contributed by atoms with Crippen molar-refractivity contribution >= 4 is 29.0 Å². The van der Waals surface area contributed by atoms with E-state index in [1.54, 1.807) is 0 Å². The highest BCUT2D eigenvalue weighted by Crippen LogP contribution is 2.37. The maximum absolute atomic E-state index is 5.62. The molecule has 1 aromatic heterocycles. The number of thioether (sulfide) groups is 1. The molecule has 2 aliphatic heterocycles. The summed E-state index contributed by atoms with van der Waals surface area (Å²) in [5.41, 5.74) is 2.01. The zero-order chi connectivity index (χ0) is 12.1. The Morgan fingerprint density at radius 3 is 3.17 bits per heavy atom. The minimum Gasteiger partial charge on any atom is -0.342 e. The molecule has 0 unspecified atom stereocenters. The molecule has 4 rings (SSSR count). The van der Waals surface area contributed by atoms with E-state index >= 15 is 0 Å². The molecule has 18 heavy (non-hydrogen) atoms. The van der Waals surface area contributed by atoms with Crippen molar-refractivity contribution in [2.75, 3.05) is 11.6 Å². The van der Waals surface area contributed by atoms with Gasteiger partial charge in [-0.25, -0.2) is 0 Å². The van der Waals surface area contributed by atoms with Crippen LogP contribution in [0.5, 0.6) is 0 Å². The first kappa shape index (κ1) is 10.5. The summed E-state index contributed by atoms with van der Waals surface area (Å²) in [6.45, 7) is 0. The highest BCUT2D eigenvalue weighted by atomic mass is 32.2. The lowest BCUT2D eigenvalue weighted by atomic mass is 10.1. The molecule has 90 valence electrons. The fourth-order valence-corrected chi connectivity index (χ4v) is 4.03. The first-order valence-electron chi connectivity index (χ1n) is 5.62. The maximum Gasteiger partial charge on any atom is 0.179 e. The van der Waals surface area contributed by atoms with Gasteiger partial charge < -0.3 is 4.90 Å². The van der Waals surface area contributed by atoms with E-state index in [1.807, 2.05) is 40.7 Å². The first-order valence-corrected chi connectivity index (χ1v) is 7.19. The minimum atomic E-state index is 0.185. The normalized spacial score (nSPS) is 21.2. The van der Waals surface area contributed by atoms with E-state index in [2.05, 4.69) is 20.4 Å². The van der Waals surface area contributed by atoms with Gasteiger partial charge in [-0.3, -0.25) is 0 Å². The Labute approximate surface area is 113 Å². The molecule has 1 fully saturated rings. The van der Waals surface area contributed by atoms with Crippen molar-refractivity contribution in [3.8, 4) is 5.69 Å². The number of para-hydroxylation sites is 1. The Kier molecular flexibility index (Phi) is 2.18. The smallest absolute Gasteiger partial charge is 0.179 e. The van der Waals surface area contributed by atoms with Gasteiger partial charge >= 0.3 is 0 Å². The highest BCUT2D eigenvalue weighted by Gasteiger charge is 2.37. The average Bonchev–Trinajstić information content (AvgIpc) is 3.04. The van der Waals surface area contributed by atoms with Crippen LogP contribution in [0.3, 0.4) is 0 Å². The van der Waals surface area contributed by atoms with Gasteiger partial charge in [0.05, 0.1) is 11.6 Å². The molecule has 3 heterocycles. The van der Waals surface area contributed by atoms with Crippen LogP contribution >= 0.6 is 24.0 Å². The molecular formula is C11H9N5S2. The number of thiocarbonyl (C=S) groups is 1. The fourth-order valence-electron chi connectivity index (χ4n) is 2.42. The van der Waals surface area contributed by atoms with Crippen LogP contribution in [0, 0.1) is 0 Å². The molecule has 0 saturated carbocycles. The van der Waals surface area contributed by atoms with E-state index in [9.17, 15) is 0 Å². The summed E-state index contributed by atoms with van der Waals surface area (Å²) in [4.78, 5) is 3.10. The summed E-state index contributed by atoms with van der Waals surface area (Å²) in [7, 11) is 0. The van der Waals surface area contributed by atoms with Crippen LogP contribution in [-0.4, -0.2) is 41.7 Å². The molecule has 0 bridgehead atoms. The van der Waals surface area contributed by atoms with Crippen LogP contribution < -0.4 is 0 Å². The Morgan fingerprint density at radius 1 is 1.33 bits per heavy atom. The molecular weight excluding hydrogens is 266 g/mol. The van der Waals surface area contributed by atoms with E-state index in [4.69, 9.17) is 12.2 Å². The van der Waals surface area contributed by atoms with Crippen molar-refractivity contribution < 1.29 is 0 Å². The SMILES string of the molecule is S=C1c2ccccc2-n2nnnc2[C@@H]2CSCN12. The summed E-state index contributed by atoms with van der Waals surface area (Å²) in [6, 6.07) is 8.21. The van der Waals surface area contributed by atoms with Gasteiger partial charge in [0.2, 0.25) is 0 Å². The first-order chi connectivity index (χ1) is 8.86. The summed E-state index contributed by atoms with van der Waals surface area (Å²) >= 11 is 7.49. The van der Waals surface area contributed by atoms with Crippen LogP contribution in [0.15, 0.2) is 24.3 Å². The predicted molar refractivity (Wildman–Crippen MR) is 72.8 cm³/mol. The van der Waals surface area contributed by atoms with Crippen molar-refractivity contribution in [1.29, 1.82) is 0 Å². The third-order valence-electron chi connectivity index (χ3n) is 3.30. The standard InChI is InChI=1S/C11H9N5S2/c17-11-7-3-1-2-4-8(7)16-10(12-13-14-16)9-5-18-6-15(9)11/h1-4,9H,5-6H2/t9-/m0/s1. The van der Waals surface area contributed by atoms with Crippen molar-refractivity contribution in [2.24, 2.45) is 0 Å². The molecule has 0 amide bonds. The number of aromatic nitrogens is 4. The van der Waals surface area contributed by atoms with E-state index < -0.39 is 0 Å². The summed E-state index contributed by atoms with van der Waals surface area (Å²) in [5.74, 6) is 2.77. The van der Waals surface area contributed by atoms with Crippen molar-refractivity contribution in [3.05, 3.63) is 35.7 Å². The average molecular weight is 275 g/mol. The van der Waals surface area contributed by atoms with Gasteiger partial charge in [-0.1, -0.05) is 24.4 Å². The maximum atomic E-state index is 5.62. The number of rotatable bonds is 0. The Balaban J connectivity index is 2.04. The summed E-state index contributed by atoms with van der Waals surface area (Å²) < 4.78 is 1.82. The lowest BCUT2D eigenvalue weighted by Crippen LogP contribution is -2.29. The molecule has 0 N–H and O–H groups in total. The topological polar surface area (TPSA) is 46.8 Å². The van der Waals surface area contributed by atoms with Crippen molar-refractivity contribution in [1.82, 2.24) is 25.1 Å². The Hall–Kier alpha value is -1.47. The van der Waals surface area contributed by atoms with Gasteiger partial charge in [0.25, 0.3) is 0 Å². The number of nitrogens with zero attached hydrogens (tertiary/aromatic N) is 5. The van der Waals surface area contributed by atoms with Crippen LogP contribution in [0.1, 0.15) is 17.4 Å². The third-order valence-corrected chi connectivity index (χ3v) is 4.76. The molecule has 5 nitrogen and oxygen atoms in total. The van der Waals surface area contributed by atoms with Gasteiger partial charge in [0.15, 0.2) is 5.82 Å². The third kappa shape index (κ3) is 1.28. The van der Waals surface area contributed by atoms with E-state index in [0.717, 1.165) is 33.7 Å². The zero-order valence-corrected chi connectivity index (χ0v) is 11.0. The quantitative estimate of drug-likeness (QED) is 0.677. The van der Waals surface area contributed by atoms with Crippen LogP contribution in [0.4, 0.5) is 0 Å². The summed E-state index contributed by atoms with van der Waals surface area (Å²) in [6.07, 6.45) is 0. The lowest BCUT2D eigenvalue weighted by molar-refractivity contribution is 0.404. The number of fused-ring (bicyclic) bond motifs is 5. The van der Waals surface area contributed by atoms with E-state index in [0.29, 0.717) is 0 Å². The highest BCUT2D eigenvalue weighted by molar-refractivity contribution is 7.99. The number of hydrogen-bond acceptors (Lipinski definition) is 5. The molecule has 2 aromatic rings. The zero-order valence-electron chi connectivity index (χ0n) is 9.35. The number of hydrogen-bond donors (Lipinski definition) is 0. The van der Waals surface area contributed by atoms with Crippen LogP contribution in [0.2, 0.25) is 0 Å². The molecule has 0 spiro atoms. The molecule has 2 aliphatic rings. The second-order valence-electron chi connectivity index (χ2n) is 4.26. The number of benzene rings is 1. The molecule has 1 atom stereocenters. The van der Waals surface area contributed by atoms with Gasteiger partial charge in [-0.2, -0.15) is 4.68 Å². The second-order valence-corrected chi connectivity index (χ2v) is 5.64. The second kappa shape index (κ2) is 3.76. The molecule has 1 aromatic carbocycles. The van der Waals surface area contributed by atoms with Gasteiger partial charge in [0, 0.05) is 11.3 Å². The van der Waals surface area contributed by atoms with Gasteiger partial charge in [0.1, 0.15) is 11.0 Å². The minimum absolute atomic E-state index is 0.185. The number of tetrazole rings is 1. The Morgan fingerprint density at radius 2 is 2.22 bits per heavy atom. The van der Waals surface area contributed by atoms with E-state index in [1.165, 1.54) is 0 Å². The van der Waals surface area contributed by atoms with Gasteiger partial charge in [-0.15, -0.1) is 16.9 Å². The fraction of sp³-hybridized carbons (Fsp3) is 0.273. The van der Waals surface area contributed by atoms with Crippen molar-refractivity contribution in [3.63, 3.8) is 0 Å². The molecule has 0 radical (unpaired) electrons. The molecule has 1 saturated heterocycles. The largest absolute Gasteiger partial charge is 0.342 e. The Bertz CT molecular complexity index is 638. The van der Waals surface area contributed by atoms with E-state index in [-0.39, 0.29) is 6.04 Å². The monoisotopic (exact) mass is 275 g/mol. The van der Waals surface area contributed by atoms with Gasteiger partial charge in [-0.05, 0) is 22.6 Å². The van der Waals surface area contributed by atoms with Crippen molar-refractivity contribution in [2.45, 2.75) is 6.04 Å². The lowest BCUT2D eigenvalue weighted by Gasteiger charge is -2.22. The summed E-state index contributed by atoms with van der Waals surface area (Å²) in [5, 5.41) is 12.1. The predicted octanol–water partition coefficient (Wildman–Crippen LogP) is 1.40. The van der Waals surface area contributed by atoms with Crippen LogP contribution in [-0.2, 0) is 0 Å². The molecule has 7 heteroatoms. The molecule has 0 aliphatic carbocycles.